The summed E-state index contributed by atoms with van der Waals surface area (Å²) >= 11 is 0. The molecular weight excluding hydrogens is 228 g/mol. The molecule has 0 aromatic carbocycles. The highest BCUT2D eigenvalue weighted by molar-refractivity contribution is 5.24. The Kier molecular flexibility index (Phi) is 3.99. The SMILES string of the molecule is CCCNCc1ccc(-n2cnc(C#N)n2)nc1. The third-order valence-corrected chi connectivity index (χ3v) is 2.39. The molecule has 0 bridgehead atoms. The number of aromatic nitrogens is 4. The molecule has 0 aliphatic carbocycles. The molecule has 0 saturated carbocycles. The molecule has 6 nitrogen and oxygen atoms in total. The lowest BCUT2D eigenvalue weighted by molar-refractivity contribution is 0.673. The highest BCUT2D eigenvalue weighted by atomic mass is 15.4. The van der Waals surface area contributed by atoms with E-state index in [9.17, 15) is 0 Å². The van der Waals surface area contributed by atoms with Gasteiger partial charge in [-0.2, -0.15) is 5.26 Å². The molecule has 0 aliphatic heterocycles. The Morgan fingerprint density at radius 3 is 2.89 bits per heavy atom. The molecule has 2 rings (SSSR count). The summed E-state index contributed by atoms with van der Waals surface area (Å²) in [4.78, 5) is 8.12. The van der Waals surface area contributed by atoms with Crippen molar-refractivity contribution in [2.75, 3.05) is 6.54 Å². The van der Waals surface area contributed by atoms with Crippen LogP contribution in [-0.2, 0) is 6.54 Å². The zero-order valence-corrected chi connectivity index (χ0v) is 10.2. The van der Waals surface area contributed by atoms with Crippen LogP contribution in [0.3, 0.4) is 0 Å². The van der Waals surface area contributed by atoms with E-state index in [2.05, 4.69) is 27.3 Å². The van der Waals surface area contributed by atoms with Crippen molar-refractivity contribution in [1.29, 1.82) is 5.26 Å². The maximum Gasteiger partial charge on any atom is 0.252 e. The summed E-state index contributed by atoms with van der Waals surface area (Å²) in [5.41, 5.74) is 1.12. The summed E-state index contributed by atoms with van der Waals surface area (Å²) in [6.45, 7) is 3.93. The fourth-order valence-corrected chi connectivity index (χ4v) is 1.49. The molecule has 0 saturated heterocycles. The molecule has 0 amide bonds. The van der Waals surface area contributed by atoms with E-state index < -0.39 is 0 Å². The largest absolute Gasteiger partial charge is 0.313 e. The maximum atomic E-state index is 8.65. The van der Waals surface area contributed by atoms with Crippen LogP contribution in [0.4, 0.5) is 0 Å². The van der Waals surface area contributed by atoms with Gasteiger partial charge in [-0.05, 0) is 24.6 Å². The van der Waals surface area contributed by atoms with E-state index in [1.54, 1.807) is 6.20 Å². The minimum absolute atomic E-state index is 0.144. The van der Waals surface area contributed by atoms with E-state index in [1.165, 1.54) is 11.0 Å². The van der Waals surface area contributed by atoms with Crippen molar-refractivity contribution in [2.45, 2.75) is 19.9 Å². The molecule has 0 spiro atoms. The van der Waals surface area contributed by atoms with E-state index in [0.29, 0.717) is 5.82 Å². The summed E-state index contributed by atoms with van der Waals surface area (Å²) in [6.07, 6.45) is 4.39. The number of nitrogens with zero attached hydrogens (tertiary/aromatic N) is 5. The van der Waals surface area contributed by atoms with Crippen molar-refractivity contribution < 1.29 is 0 Å². The average Bonchev–Trinajstić information content (AvgIpc) is 2.89. The third kappa shape index (κ3) is 2.90. The van der Waals surface area contributed by atoms with Gasteiger partial charge < -0.3 is 5.32 Å². The Morgan fingerprint density at radius 1 is 1.39 bits per heavy atom. The predicted molar refractivity (Wildman–Crippen MR) is 65.9 cm³/mol. The van der Waals surface area contributed by atoms with Crippen LogP contribution in [0.15, 0.2) is 24.7 Å². The summed E-state index contributed by atoms with van der Waals surface area (Å²) in [5.74, 6) is 0.800. The van der Waals surface area contributed by atoms with Gasteiger partial charge in [0.25, 0.3) is 5.82 Å². The van der Waals surface area contributed by atoms with Crippen molar-refractivity contribution in [1.82, 2.24) is 25.1 Å². The molecule has 18 heavy (non-hydrogen) atoms. The molecule has 2 aromatic rings. The van der Waals surface area contributed by atoms with Gasteiger partial charge in [-0.3, -0.25) is 0 Å². The van der Waals surface area contributed by atoms with E-state index in [0.717, 1.165) is 25.1 Å². The number of rotatable bonds is 5. The van der Waals surface area contributed by atoms with Gasteiger partial charge in [-0.15, -0.1) is 5.10 Å². The molecule has 92 valence electrons. The Morgan fingerprint density at radius 2 is 2.28 bits per heavy atom. The molecule has 0 fully saturated rings. The van der Waals surface area contributed by atoms with Gasteiger partial charge in [-0.1, -0.05) is 13.0 Å². The molecular formula is C12H14N6. The minimum Gasteiger partial charge on any atom is -0.313 e. The molecule has 0 unspecified atom stereocenters. The fraction of sp³-hybridized carbons (Fsp3) is 0.333. The lowest BCUT2D eigenvalue weighted by atomic mass is 10.3. The number of hydrogen-bond donors (Lipinski definition) is 1. The Balaban J connectivity index is 2.05. The topological polar surface area (TPSA) is 79.4 Å². The predicted octanol–water partition coefficient (Wildman–Crippen LogP) is 1.03. The highest BCUT2D eigenvalue weighted by Gasteiger charge is 2.02. The third-order valence-electron chi connectivity index (χ3n) is 2.39. The second-order valence-corrected chi connectivity index (χ2v) is 3.83. The van der Waals surface area contributed by atoms with Gasteiger partial charge in [0.15, 0.2) is 5.82 Å². The zero-order chi connectivity index (χ0) is 12.8. The summed E-state index contributed by atoms with van der Waals surface area (Å²) in [5, 5.41) is 15.9. The average molecular weight is 242 g/mol. The fourth-order valence-electron chi connectivity index (χ4n) is 1.49. The van der Waals surface area contributed by atoms with E-state index in [-0.39, 0.29) is 5.82 Å². The van der Waals surface area contributed by atoms with Gasteiger partial charge >= 0.3 is 0 Å². The van der Waals surface area contributed by atoms with E-state index in [4.69, 9.17) is 5.26 Å². The maximum absolute atomic E-state index is 8.65. The van der Waals surface area contributed by atoms with Gasteiger partial charge in [0.2, 0.25) is 0 Å². The van der Waals surface area contributed by atoms with Crippen LogP contribution < -0.4 is 5.32 Å². The molecule has 0 radical (unpaired) electrons. The van der Waals surface area contributed by atoms with Crippen molar-refractivity contribution >= 4 is 0 Å². The molecule has 0 aliphatic rings. The smallest absolute Gasteiger partial charge is 0.252 e. The molecule has 0 atom stereocenters. The molecule has 2 heterocycles. The number of pyridine rings is 1. The zero-order valence-electron chi connectivity index (χ0n) is 10.2. The van der Waals surface area contributed by atoms with Gasteiger partial charge in [0.1, 0.15) is 12.4 Å². The van der Waals surface area contributed by atoms with Crippen molar-refractivity contribution in [3.63, 3.8) is 0 Å². The minimum atomic E-state index is 0.144. The first-order chi connectivity index (χ1) is 8.83. The van der Waals surface area contributed by atoms with Gasteiger partial charge in [0, 0.05) is 12.7 Å². The van der Waals surface area contributed by atoms with Crippen LogP contribution in [-0.4, -0.2) is 26.3 Å². The van der Waals surface area contributed by atoms with Crippen LogP contribution in [0.1, 0.15) is 24.7 Å². The van der Waals surface area contributed by atoms with E-state index in [1.807, 2.05) is 18.2 Å². The summed E-state index contributed by atoms with van der Waals surface area (Å²) in [7, 11) is 0. The first kappa shape index (κ1) is 12.2. The standard InChI is InChI=1S/C12H14N6/c1-2-5-14-7-10-3-4-12(15-8-10)18-9-16-11(6-13)17-18/h3-4,8-9,14H,2,5,7H2,1H3. The highest BCUT2D eigenvalue weighted by Crippen LogP contribution is 2.04. The Bertz CT molecular complexity index is 536. The second-order valence-electron chi connectivity index (χ2n) is 3.83. The van der Waals surface area contributed by atoms with Crippen LogP contribution in [0.5, 0.6) is 0 Å². The lowest BCUT2D eigenvalue weighted by Gasteiger charge is -2.04. The van der Waals surface area contributed by atoms with Crippen molar-refractivity contribution in [2.24, 2.45) is 0 Å². The van der Waals surface area contributed by atoms with Crippen LogP contribution in [0.2, 0.25) is 0 Å². The van der Waals surface area contributed by atoms with Crippen LogP contribution >= 0.6 is 0 Å². The Hall–Kier alpha value is -2.26. The monoisotopic (exact) mass is 242 g/mol. The van der Waals surface area contributed by atoms with Crippen LogP contribution in [0, 0.1) is 11.3 Å². The van der Waals surface area contributed by atoms with Crippen molar-refractivity contribution in [3.8, 4) is 11.9 Å². The summed E-state index contributed by atoms with van der Waals surface area (Å²) in [6, 6.07) is 5.73. The summed E-state index contributed by atoms with van der Waals surface area (Å²) < 4.78 is 1.49. The number of hydrogen-bond acceptors (Lipinski definition) is 5. The van der Waals surface area contributed by atoms with Gasteiger partial charge in [-0.25, -0.2) is 14.6 Å². The first-order valence-electron chi connectivity index (χ1n) is 5.81. The number of nitrogens with one attached hydrogen (secondary N) is 1. The van der Waals surface area contributed by atoms with Crippen molar-refractivity contribution in [3.05, 3.63) is 36.0 Å². The van der Waals surface area contributed by atoms with Gasteiger partial charge in [0.05, 0.1) is 0 Å². The Labute approximate surface area is 105 Å². The first-order valence-corrected chi connectivity index (χ1v) is 5.81. The van der Waals surface area contributed by atoms with Crippen LogP contribution in [0.25, 0.3) is 5.82 Å². The molecule has 1 N–H and O–H groups in total. The molecule has 6 heteroatoms. The second kappa shape index (κ2) is 5.89. The lowest BCUT2D eigenvalue weighted by Crippen LogP contribution is -2.14. The van der Waals surface area contributed by atoms with E-state index >= 15 is 0 Å². The quantitative estimate of drug-likeness (QED) is 0.792. The number of nitriles is 1. The normalized spacial score (nSPS) is 10.2. The molecule has 2 aromatic heterocycles.